The van der Waals surface area contributed by atoms with Gasteiger partial charge in [-0.15, -0.1) is 0 Å². The van der Waals surface area contributed by atoms with E-state index in [2.05, 4.69) is 0 Å². The summed E-state index contributed by atoms with van der Waals surface area (Å²) in [5.41, 5.74) is 0.330. The minimum absolute atomic E-state index is 0.330. The van der Waals surface area contributed by atoms with Crippen LogP contribution in [-0.4, -0.2) is 19.0 Å². The third-order valence-electron chi connectivity index (χ3n) is 1.32. The summed E-state index contributed by atoms with van der Waals surface area (Å²) in [6.07, 6.45) is 0.622. The molecule has 0 saturated heterocycles. The van der Waals surface area contributed by atoms with Crippen molar-refractivity contribution in [1.29, 1.82) is 0 Å². The number of hydrogen-bond acceptors (Lipinski definition) is 3. The van der Waals surface area contributed by atoms with Crippen LogP contribution in [0.15, 0.2) is 18.2 Å². The number of carbonyl (C=O) groups excluding carboxylic acids is 1. The number of aldehydes is 1. The third kappa shape index (κ3) is 2.00. The first-order valence-electron chi connectivity index (χ1n) is 3.26. The van der Waals surface area contributed by atoms with E-state index in [1.165, 1.54) is 12.1 Å². The molecule has 0 aliphatic rings. The summed E-state index contributed by atoms with van der Waals surface area (Å²) in [4.78, 5) is 10.4. The van der Waals surface area contributed by atoms with Crippen LogP contribution in [0.3, 0.4) is 0 Å². The van der Waals surface area contributed by atoms with Crippen molar-refractivity contribution >= 4 is 25.6 Å². The van der Waals surface area contributed by atoms with E-state index >= 15 is 0 Å². The molecule has 0 aliphatic heterocycles. The Labute approximate surface area is 75.2 Å². The average Bonchev–Trinajstić information content (AvgIpc) is 2.08. The molecule has 0 aromatic heterocycles. The summed E-state index contributed by atoms with van der Waals surface area (Å²) in [5.74, 6) is 0.330. The SMILES string of the molecule is O=Cc1cc(Cl)ccc1OBO. The Kier molecular flexibility index (Phi) is 3.14. The van der Waals surface area contributed by atoms with Crippen LogP contribution in [0.25, 0.3) is 0 Å². The van der Waals surface area contributed by atoms with Gasteiger partial charge >= 0.3 is 7.69 Å². The number of halogens is 1. The minimum atomic E-state index is -0.456. The summed E-state index contributed by atoms with van der Waals surface area (Å²) >= 11 is 5.62. The van der Waals surface area contributed by atoms with Crippen molar-refractivity contribution in [3.63, 3.8) is 0 Å². The second-order valence-corrected chi connectivity index (χ2v) is 2.51. The first-order chi connectivity index (χ1) is 5.77. The van der Waals surface area contributed by atoms with Crippen molar-refractivity contribution in [2.45, 2.75) is 0 Å². The second kappa shape index (κ2) is 4.14. The van der Waals surface area contributed by atoms with Crippen molar-refractivity contribution in [1.82, 2.24) is 0 Å². The van der Waals surface area contributed by atoms with Gasteiger partial charge in [-0.3, -0.25) is 4.79 Å². The van der Waals surface area contributed by atoms with Gasteiger partial charge in [0.15, 0.2) is 6.29 Å². The fourth-order valence-electron chi connectivity index (χ4n) is 0.812. The van der Waals surface area contributed by atoms with Crippen molar-refractivity contribution in [3.05, 3.63) is 28.8 Å². The van der Waals surface area contributed by atoms with Crippen molar-refractivity contribution in [3.8, 4) is 5.75 Å². The van der Waals surface area contributed by atoms with Crippen molar-refractivity contribution in [2.75, 3.05) is 0 Å². The van der Waals surface area contributed by atoms with Gasteiger partial charge in [0.05, 0.1) is 5.56 Å². The zero-order chi connectivity index (χ0) is 8.97. The van der Waals surface area contributed by atoms with Gasteiger partial charge in [0.2, 0.25) is 0 Å². The van der Waals surface area contributed by atoms with Gasteiger partial charge in [0.1, 0.15) is 5.75 Å². The van der Waals surface area contributed by atoms with E-state index in [1.54, 1.807) is 6.07 Å². The highest BCUT2D eigenvalue weighted by Crippen LogP contribution is 2.20. The zero-order valence-electron chi connectivity index (χ0n) is 6.16. The minimum Gasteiger partial charge on any atom is -0.538 e. The third-order valence-corrected chi connectivity index (χ3v) is 1.55. The fourth-order valence-corrected chi connectivity index (χ4v) is 0.993. The molecule has 0 saturated carbocycles. The van der Waals surface area contributed by atoms with Crippen LogP contribution in [0.1, 0.15) is 10.4 Å². The van der Waals surface area contributed by atoms with Crippen LogP contribution < -0.4 is 4.65 Å². The van der Waals surface area contributed by atoms with E-state index in [0.717, 1.165) is 0 Å². The smallest absolute Gasteiger partial charge is 0.504 e. The van der Waals surface area contributed by atoms with Crippen LogP contribution in [-0.2, 0) is 0 Å². The Morgan fingerprint density at radius 3 is 2.92 bits per heavy atom. The van der Waals surface area contributed by atoms with Crippen LogP contribution in [0, 0.1) is 0 Å². The highest BCUT2D eigenvalue weighted by atomic mass is 35.5. The van der Waals surface area contributed by atoms with E-state index in [0.29, 0.717) is 22.6 Å². The molecule has 0 radical (unpaired) electrons. The van der Waals surface area contributed by atoms with E-state index in [1.807, 2.05) is 0 Å². The summed E-state index contributed by atoms with van der Waals surface area (Å²) < 4.78 is 4.75. The fraction of sp³-hybridized carbons (Fsp3) is 0. The van der Waals surface area contributed by atoms with E-state index in [9.17, 15) is 4.79 Å². The predicted octanol–water partition coefficient (Wildman–Crippen LogP) is 0.790. The van der Waals surface area contributed by atoms with Gasteiger partial charge in [-0.25, -0.2) is 0 Å². The first kappa shape index (κ1) is 9.10. The monoisotopic (exact) mass is 184 g/mol. The molecule has 62 valence electrons. The number of carbonyl (C=O) groups is 1. The maximum absolute atomic E-state index is 10.4. The van der Waals surface area contributed by atoms with Gasteiger partial charge in [-0.1, -0.05) is 11.6 Å². The molecule has 0 unspecified atom stereocenters. The molecule has 0 spiro atoms. The van der Waals surface area contributed by atoms with E-state index in [-0.39, 0.29) is 0 Å². The summed E-state index contributed by atoms with van der Waals surface area (Å²) in [6.45, 7) is 0. The summed E-state index contributed by atoms with van der Waals surface area (Å²) in [5, 5.41) is 8.90. The molecule has 0 atom stereocenters. The highest BCUT2D eigenvalue weighted by Gasteiger charge is 2.02. The molecule has 1 rings (SSSR count). The molecule has 0 bridgehead atoms. The lowest BCUT2D eigenvalue weighted by Gasteiger charge is -2.04. The van der Waals surface area contributed by atoms with Crippen LogP contribution in [0.4, 0.5) is 0 Å². The summed E-state index contributed by atoms with van der Waals surface area (Å²) in [7, 11) is -0.456. The molecule has 0 aliphatic carbocycles. The molecule has 1 N–H and O–H groups in total. The standard InChI is InChI=1S/C7H6BClO3/c9-6-1-2-7(12-8-11)5(3-6)4-10/h1-4,8,11H. The largest absolute Gasteiger partial charge is 0.538 e. The highest BCUT2D eigenvalue weighted by molar-refractivity contribution is 6.31. The Morgan fingerprint density at radius 1 is 1.58 bits per heavy atom. The number of benzene rings is 1. The number of rotatable bonds is 3. The van der Waals surface area contributed by atoms with Gasteiger partial charge in [0.25, 0.3) is 0 Å². The predicted molar refractivity (Wildman–Crippen MR) is 46.8 cm³/mol. The molecule has 1 aromatic carbocycles. The van der Waals surface area contributed by atoms with Crippen molar-refractivity contribution in [2.24, 2.45) is 0 Å². The van der Waals surface area contributed by atoms with Crippen LogP contribution in [0.5, 0.6) is 5.75 Å². The first-order valence-corrected chi connectivity index (χ1v) is 3.64. The summed E-state index contributed by atoms with van der Waals surface area (Å²) in [6, 6.07) is 4.58. The molecular weight excluding hydrogens is 178 g/mol. The molecule has 12 heavy (non-hydrogen) atoms. The van der Waals surface area contributed by atoms with Crippen LogP contribution >= 0.6 is 11.6 Å². The molecule has 0 amide bonds. The second-order valence-electron chi connectivity index (χ2n) is 2.07. The van der Waals surface area contributed by atoms with Gasteiger partial charge < -0.3 is 9.68 Å². The maximum Gasteiger partial charge on any atom is 0.504 e. The topological polar surface area (TPSA) is 46.5 Å². The molecule has 0 heterocycles. The van der Waals surface area contributed by atoms with Gasteiger partial charge in [-0.2, -0.15) is 0 Å². The lowest BCUT2D eigenvalue weighted by Crippen LogP contribution is -2.02. The Bertz CT molecular complexity index is 290. The maximum atomic E-state index is 10.4. The van der Waals surface area contributed by atoms with Gasteiger partial charge in [-0.05, 0) is 18.2 Å². The molecule has 0 fully saturated rings. The quantitative estimate of drug-likeness (QED) is 0.558. The zero-order valence-corrected chi connectivity index (χ0v) is 6.91. The number of hydrogen-bond donors (Lipinski definition) is 1. The Balaban J connectivity index is 3.02. The molecule has 5 heteroatoms. The Hall–Kier alpha value is -0.995. The molecular formula is C7H6BClO3. The van der Waals surface area contributed by atoms with Gasteiger partial charge in [0, 0.05) is 5.02 Å². The average molecular weight is 184 g/mol. The molecule has 1 aromatic rings. The van der Waals surface area contributed by atoms with Crippen LogP contribution in [0.2, 0.25) is 5.02 Å². The lowest BCUT2D eigenvalue weighted by molar-refractivity contribution is 0.112. The lowest BCUT2D eigenvalue weighted by atomic mass is 10.2. The Morgan fingerprint density at radius 2 is 2.33 bits per heavy atom. The van der Waals surface area contributed by atoms with E-state index in [4.69, 9.17) is 21.3 Å². The molecule has 3 nitrogen and oxygen atoms in total. The van der Waals surface area contributed by atoms with E-state index < -0.39 is 7.69 Å². The van der Waals surface area contributed by atoms with Crippen molar-refractivity contribution < 1.29 is 14.5 Å². The normalized spacial score (nSPS) is 9.17.